The van der Waals surface area contributed by atoms with Gasteiger partial charge in [-0.25, -0.2) is 0 Å². The number of benzene rings is 1. The SMILES string of the molecule is COc1cc(-c2nnc(C(C)Cn3cc(Br)cn3)o2)ccc1OC(F)F. The number of methoxy groups -OCH3 is 1. The molecule has 0 aliphatic heterocycles. The van der Waals surface area contributed by atoms with Crippen LogP contribution < -0.4 is 9.47 Å². The molecular formula is C16H15BrF2N4O3. The summed E-state index contributed by atoms with van der Waals surface area (Å²) in [5.41, 5.74) is 0.538. The molecule has 10 heteroatoms. The van der Waals surface area contributed by atoms with Crippen LogP contribution in [-0.4, -0.2) is 33.7 Å². The third-order valence-corrected chi connectivity index (χ3v) is 3.96. The van der Waals surface area contributed by atoms with E-state index in [1.807, 2.05) is 13.1 Å². The zero-order chi connectivity index (χ0) is 18.7. The molecule has 0 saturated carbocycles. The second-order valence-corrected chi connectivity index (χ2v) is 6.39. The lowest BCUT2D eigenvalue weighted by molar-refractivity contribution is -0.0512. The van der Waals surface area contributed by atoms with Crippen molar-refractivity contribution >= 4 is 15.9 Å². The Balaban J connectivity index is 1.78. The number of nitrogens with zero attached hydrogens (tertiary/aromatic N) is 4. The Labute approximate surface area is 156 Å². The van der Waals surface area contributed by atoms with Crippen LogP contribution in [0.1, 0.15) is 18.7 Å². The molecule has 0 aliphatic carbocycles. The van der Waals surface area contributed by atoms with Crippen LogP contribution in [0.2, 0.25) is 0 Å². The van der Waals surface area contributed by atoms with Crippen LogP contribution in [0.3, 0.4) is 0 Å². The number of rotatable bonds is 7. The molecule has 1 aromatic carbocycles. The number of ether oxygens (including phenoxy) is 2. The third kappa shape index (κ3) is 4.18. The minimum atomic E-state index is -2.94. The summed E-state index contributed by atoms with van der Waals surface area (Å²) >= 11 is 3.34. The summed E-state index contributed by atoms with van der Waals surface area (Å²) in [6, 6.07) is 4.42. The van der Waals surface area contributed by atoms with Gasteiger partial charge in [-0.3, -0.25) is 4.68 Å². The topological polar surface area (TPSA) is 75.2 Å². The third-order valence-electron chi connectivity index (χ3n) is 3.55. The minimum absolute atomic E-state index is 0.0635. The van der Waals surface area contributed by atoms with Crippen LogP contribution in [0.25, 0.3) is 11.5 Å². The molecule has 0 N–H and O–H groups in total. The number of hydrogen-bond acceptors (Lipinski definition) is 6. The fourth-order valence-corrected chi connectivity index (χ4v) is 2.67. The lowest BCUT2D eigenvalue weighted by Crippen LogP contribution is -2.06. The highest BCUT2D eigenvalue weighted by molar-refractivity contribution is 9.10. The van der Waals surface area contributed by atoms with Gasteiger partial charge in [-0.15, -0.1) is 10.2 Å². The highest BCUT2D eigenvalue weighted by atomic mass is 79.9. The van der Waals surface area contributed by atoms with Gasteiger partial charge >= 0.3 is 6.61 Å². The van der Waals surface area contributed by atoms with Crippen molar-refractivity contribution in [2.24, 2.45) is 0 Å². The molecule has 3 aromatic rings. The van der Waals surface area contributed by atoms with Crippen LogP contribution in [0.15, 0.2) is 39.5 Å². The molecule has 0 aliphatic rings. The van der Waals surface area contributed by atoms with E-state index in [9.17, 15) is 8.78 Å². The molecule has 0 spiro atoms. The van der Waals surface area contributed by atoms with Gasteiger partial charge in [0.2, 0.25) is 11.8 Å². The lowest BCUT2D eigenvalue weighted by atomic mass is 10.2. The Kier molecular flexibility index (Phi) is 5.50. The molecule has 2 aromatic heterocycles. The molecule has 26 heavy (non-hydrogen) atoms. The molecule has 0 fully saturated rings. The first kappa shape index (κ1) is 18.3. The van der Waals surface area contributed by atoms with E-state index in [-0.39, 0.29) is 23.3 Å². The second-order valence-electron chi connectivity index (χ2n) is 5.47. The van der Waals surface area contributed by atoms with E-state index in [4.69, 9.17) is 9.15 Å². The van der Waals surface area contributed by atoms with Gasteiger partial charge in [0.05, 0.1) is 30.2 Å². The smallest absolute Gasteiger partial charge is 0.387 e. The van der Waals surface area contributed by atoms with Gasteiger partial charge < -0.3 is 13.9 Å². The Hall–Kier alpha value is -2.49. The molecule has 0 bridgehead atoms. The standard InChI is InChI=1S/C16H15BrF2N4O3/c1-9(7-23-8-11(17)6-20-23)14-21-22-15(26-14)10-3-4-12(25-16(18)19)13(5-10)24-2/h3-6,8-9,16H,7H2,1-2H3. The Morgan fingerprint density at radius 1 is 1.27 bits per heavy atom. The normalized spacial score (nSPS) is 12.4. The van der Waals surface area contributed by atoms with Crippen LogP contribution in [0.4, 0.5) is 8.78 Å². The molecule has 1 atom stereocenters. The summed E-state index contributed by atoms with van der Waals surface area (Å²) in [6.07, 6.45) is 3.54. The van der Waals surface area contributed by atoms with Crippen molar-refractivity contribution in [2.75, 3.05) is 7.11 Å². The van der Waals surface area contributed by atoms with Crippen molar-refractivity contribution in [3.05, 3.63) is 41.0 Å². The Morgan fingerprint density at radius 3 is 2.73 bits per heavy atom. The van der Waals surface area contributed by atoms with Gasteiger partial charge in [-0.2, -0.15) is 13.9 Å². The van der Waals surface area contributed by atoms with Crippen molar-refractivity contribution in [1.29, 1.82) is 0 Å². The second kappa shape index (κ2) is 7.81. The first-order valence-corrected chi connectivity index (χ1v) is 8.40. The van der Waals surface area contributed by atoms with Gasteiger partial charge in [-0.05, 0) is 34.1 Å². The Bertz CT molecular complexity index is 884. The molecule has 1 unspecified atom stereocenters. The minimum Gasteiger partial charge on any atom is -0.493 e. The predicted octanol–water partition coefficient (Wildman–Crippen LogP) is 4.11. The molecule has 0 saturated heterocycles. The summed E-state index contributed by atoms with van der Waals surface area (Å²) < 4.78 is 42.6. The average molecular weight is 429 g/mol. The summed E-state index contributed by atoms with van der Waals surface area (Å²) in [6.45, 7) is -0.432. The highest BCUT2D eigenvalue weighted by Crippen LogP contribution is 2.33. The van der Waals surface area contributed by atoms with E-state index in [0.29, 0.717) is 18.0 Å². The van der Waals surface area contributed by atoms with Gasteiger partial charge in [0, 0.05) is 11.8 Å². The number of alkyl halides is 2. The van der Waals surface area contributed by atoms with E-state index < -0.39 is 6.61 Å². The number of aromatic nitrogens is 4. The summed E-state index contributed by atoms with van der Waals surface area (Å²) in [4.78, 5) is 0. The van der Waals surface area contributed by atoms with E-state index in [2.05, 4.69) is 36.0 Å². The van der Waals surface area contributed by atoms with Crippen molar-refractivity contribution in [2.45, 2.75) is 26.0 Å². The average Bonchev–Trinajstić information content (AvgIpc) is 3.24. The van der Waals surface area contributed by atoms with Crippen LogP contribution >= 0.6 is 15.9 Å². The molecule has 2 heterocycles. The number of hydrogen-bond donors (Lipinski definition) is 0. The fourth-order valence-electron chi connectivity index (χ4n) is 2.34. The van der Waals surface area contributed by atoms with Gasteiger partial charge in [-0.1, -0.05) is 6.92 Å². The van der Waals surface area contributed by atoms with Crippen molar-refractivity contribution in [3.63, 3.8) is 0 Å². The monoisotopic (exact) mass is 428 g/mol. The first-order chi connectivity index (χ1) is 12.5. The van der Waals surface area contributed by atoms with Crippen molar-refractivity contribution in [1.82, 2.24) is 20.0 Å². The predicted molar refractivity (Wildman–Crippen MR) is 91.3 cm³/mol. The maximum atomic E-state index is 12.4. The zero-order valence-electron chi connectivity index (χ0n) is 13.9. The molecule has 138 valence electrons. The fraction of sp³-hybridized carbons (Fsp3) is 0.312. The summed E-state index contributed by atoms with van der Waals surface area (Å²) in [7, 11) is 1.36. The van der Waals surface area contributed by atoms with Crippen molar-refractivity contribution in [3.8, 4) is 23.0 Å². The molecular weight excluding hydrogens is 414 g/mol. The molecule has 3 rings (SSSR count). The van der Waals surface area contributed by atoms with Crippen molar-refractivity contribution < 1.29 is 22.7 Å². The first-order valence-electron chi connectivity index (χ1n) is 7.61. The van der Waals surface area contributed by atoms with Gasteiger partial charge in [0.1, 0.15) is 0 Å². The Morgan fingerprint density at radius 2 is 2.08 bits per heavy atom. The highest BCUT2D eigenvalue weighted by Gasteiger charge is 2.18. The largest absolute Gasteiger partial charge is 0.493 e. The molecule has 0 amide bonds. The molecule has 0 radical (unpaired) electrons. The van der Waals surface area contributed by atoms with Crippen LogP contribution in [0, 0.1) is 0 Å². The van der Waals surface area contributed by atoms with Gasteiger partial charge in [0.25, 0.3) is 0 Å². The maximum Gasteiger partial charge on any atom is 0.387 e. The van der Waals surface area contributed by atoms with E-state index >= 15 is 0 Å². The van der Waals surface area contributed by atoms with Gasteiger partial charge in [0.15, 0.2) is 11.5 Å². The quantitative estimate of drug-likeness (QED) is 0.563. The van der Waals surface area contributed by atoms with E-state index in [1.165, 1.54) is 19.2 Å². The number of halogens is 3. The van der Waals surface area contributed by atoms with E-state index in [0.717, 1.165) is 4.47 Å². The van der Waals surface area contributed by atoms with Crippen LogP contribution in [0.5, 0.6) is 11.5 Å². The summed E-state index contributed by atoms with van der Waals surface area (Å²) in [5, 5.41) is 12.3. The van der Waals surface area contributed by atoms with Crippen LogP contribution in [-0.2, 0) is 6.54 Å². The zero-order valence-corrected chi connectivity index (χ0v) is 15.5. The lowest BCUT2D eigenvalue weighted by Gasteiger charge is -2.10. The molecule has 7 nitrogen and oxygen atoms in total. The maximum absolute atomic E-state index is 12.4. The van der Waals surface area contributed by atoms with E-state index in [1.54, 1.807) is 16.9 Å². The summed E-state index contributed by atoms with van der Waals surface area (Å²) in [5.74, 6) is 0.723.